The third kappa shape index (κ3) is 2.90. The first kappa shape index (κ1) is 13.5. The molecular formula is C10H9NO7S. The molecule has 1 heterocycles. The minimum Gasteiger partial charge on any atom is -0.363 e. The van der Waals surface area contributed by atoms with Gasteiger partial charge in [0.05, 0.1) is 11.2 Å². The van der Waals surface area contributed by atoms with Crippen LogP contribution in [0.15, 0.2) is 29.1 Å². The van der Waals surface area contributed by atoms with Crippen molar-refractivity contribution >= 4 is 21.3 Å². The molecule has 0 bridgehead atoms. The zero-order chi connectivity index (χ0) is 14.2. The average Bonchev–Trinajstić information content (AvgIpc) is 2.27. The molecule has 0 saturated carbocycles. The molecule has 0 spiro atoms. The quantitative estimate of drug-likeness (QED) is 0.449. The molecule has 0 fully saturated rings. The molecule has 0 unspecified atom stereocenters. The molecule has 8 nitrogen and oxygen atoms in total. The van der Waals surface area contributed by atoms with E-state index in [-0.39, 0.29) is 22.3 Å². The van der Waals surface area contributed by atoms with Crippen molar-refractivity contribution in [1.29, 1.82) is 0 Å². The Morgan fingerprint density at radius 1 is 1.26 bits per heavy atom. The second-order valence-electron chi connectivity index (χ2n) is 3.65. The minimum absolute atomic E-state index is 0.0734. The van der Waals surface area contributed by atoms with Crippen LogP contribution in [0.4, 0.5) is 0 Å². The van der Waals surface area contributed by atoms with Crippen LogP contribution in [0.3, 0.4) is 0 Å². The highest BCUT2D eigenvalue weighted by molar-refractivity contribution is 7.81. The summed E-state index contributed by atoms with van der Waals surface area (Å²) in [5.74, 6) is -0.334. The van der Waals surface area contributed by atoms with Gasteiger partial charge in [-0.15, -0.1) is 0 Å². The van der Waals surface area contributed by atoms with Crippen molar-refractivity contribution in [2.45, 2.75) is 6.29 Å². The van der Waals surface area contributed by atoms with Gasteiger partial charge in [-0.05, 0) is 12.1 Å². The van der Waals surface area contributed by atoms with E-state index in [1.807, 2.05) is 0 Å². The van der Waals surface area contributed by atoms with Gasteiger partial charge in [0.2, 0.25) is 0 Å². The Bertz CT molecular complexity index is 778. The summed E-state index contributed by atoms with van der Waals surface area (Å²) in [6.07, 6.45) is -1.93. The zero-order valence-corrected chi connectivity index (χ0v) is 10.1. The summed E-state index contributed by atoms with van der Waals surface area (Å²) in [5, 5.41) is 18.1. The molecule has 1 aromatic heterocycles. The molecule has 0 saturated heterocycles. The van der Waals surface area contributed by atoms with Crippen LogP contribution in [0.25, 0.3) is 10.9 Å². The van der Waals surface area contributed by atoms with Crippen molar-refractivity contribution < 1.29 is 27.4 Å². The monoisotopic (exact) mass is 287 g/mol. The first-order valence-electron chi connectivity index (χ1n) is 4.97. The predicted molar refractivity (Wildman–Crippen MR) is 63.9 cm³/mol. The van der Waals surface area contributed by atoms with E-state index in [0.29, 0.717) is 0 Å². The van der Waals surface area contributed by atoms with Crippen LogP contribution in [-0.4, -0.2) is 28.2 Å². The smallest absolute Gasteiger partial charge is 0.363 e. The van der Waals surface area contributed by atoms with Gasteiger partial charge in [-0.3, -0.25) is 9.35 Å². The van der Waals surface area contributed by atoms with Gasteiger partial charge in [0, 0.05) is 11.5 Å². The van der Waals surface area contributed by atoms with E-state index in [1.165, 1.54) is 18.2 Å². The van der Waals surface area contributed by atoms with Gasteiger partial charge < -0.3 is 19.4 Å². The summed E-state index contributed by atoms with van der Waals surface area (Å²) in [6, 6.07) is 4.90. The van der Waals surface area contributed by atoms with Gasteiger partial charge in [-0.25, -0.2) is 0 Å². The summed E-state index contributed by atoms with van der Waals surface area (Å²) in [7, 11) is -4.76. The van der Waals surface area contributed by atoms with Crippen molar-refractivity contribution in [3.8, 4) is 5.75 Å². The summed E-state index contributed by atoms with van der Waals surface area (Å²) < 4.78 is 34.3. The number of aliphatic hydroxyl groups excluding tert-OH is 1. The van der Waals surface area contributed by atoms with Crippen molar-refractivity contribution in [1.82, 2.24) is 4.98 Å². The molecule has 0 radical (unpaired) electrons. The lowest BCUT2D eigenvalue weighted by Gasteiger charge is -2.09. The fourth-order valence-corrected chi connectivity index (χ4v) is 1.95. The average molecular weight is 287 g/mol. The standard InChI is InChI=1S/C10H9NO7S/c12-7-4-6(10(13)14)11-9-5(7)2-1-3-8(9)18-19(15,16)17/h1-4,10,13-14H,(H,11,12)(H,15,16,17). The summed E-state index contributed by atoms with van der Waals surface area (Å²) in [5.41, 5.74) is -0.864. The van der Waals surface area contributed by atoms with Gasteiger partial charge in [-0.2, -0.15) is 8.42 Å². The van der Waals surface area contributed by atoms with E-state index >= 15 is 0 Å². The molecule has 4 N–H and O–H groups in total. The van der Waals surface area contributed by atoms with E-state index in [4.69, 9.17) is 14.8 Å². The second kappa shape index (κ2) is 4.63. The number of H-pyrrole nitrogens is 1. The second-order valence-corrected chi connectivity index (χ2v) is 4.67. The van der Waals surface area contributed by atoms with Crippen molar-refractivity contribution in [2.75, 3.05) is 0 Å². The van der Waals surface area contributed by atoms with E-state index in [9.17, 15) is 13.2 Å². The molecule has 0 aliphatic heterocycles. The van der Waals surface area contributed by atoms with E-state index in [0.717, 1.165) is 6.07 Å². The zero-order valence-electron chi connectivity index (χ0n) is 9.27. The Morgan fingerprint density at radius 3 is 2.53 bits per heavy atom. The van der Waals surface area contributed by atoms with Crippen LogP contribution in [0.1, 0.15) is 12.0 Å². The lowest BCUT2D eigenvalue weighted by atomic mass is 10.2. The van der Waals surface area contributed by atoms with Gasteiger partial charge in [0.15, 0.2) is 17.5 Å². The van der Waals surface area contributed by atoms with Gasteiger partial charge in [-0.1, -0.05) is 6.07 Å². The molecule has 0 atom stereocenters. The number of aliphatic hydroxyl groups is 2. The molecule has 102 valence electrons. The van der Waals surface area contributed by atoms with Crippen LogP contribution in [-0.2, 0) is 10.4 Å². The Kier molecular flexibility index (Phi) is 3.28. The van der Waals surface area contributed by atoms with Crippen LogP contribution in [0.2, 0.25) is 0 Å². The Labute approximate surface area is 106 Å². The topological polar surface area (TPSA) is 137 Å². The van der Waals surface area contributed by atoms with Gasteiger partial charge >= 0.3 is 10.4 Å². The van der Waals surface area contributed by atoms with Gasteiger partial charge in [0.1, 0.15) is 0 Å². The molecular weight excluding hydrogens is 278 g/mol. The normalized spacial score (nSPS) is 12.0. The molecule has 1 aromatic carbocycles. The third-order valence-corrected chi connectivity index (χ3v) is 2.71. The number of hydrogen-bond acceptors (Lipinski definition) is 6. The number of aromatic nitrogens is 1. The Morgan fingerprint density at radius 2 is 1.95 bits per heavy atom. The third-order valence-electron chi connectivity index (χ3n) is 2.32. The lowest BCUT2D eigenvalue weighted by Crippen LogP contribution is -2.11. The summed E-state index contributed by atoms with van der Waals surface area (Å²) >= 11 is 0. The van der Waals surface area contributed by atoms with Crippen molar-refractivity contribution in [3.63, 3.8) is 0 Å². The molecule has 9 heteroatoms. The fraction of sp³-hybridized carbons (Fsp3) is 0.100. The highest BCUT2D eigenvalue weighted by atomic mass is 32.3. The highest BCUT2D eigenvalue weighted by Gasteiger charge is 2.14. The number of rotatable bonds is 3. The van der Waals surface area contributed by atoms with Crippen molar-refractivity contribution in [2.24, 2.45) is 0 Å². The number of nitrogens with one attached hydrogen (secondary N) is 1. The largest absolute Gasteiger partial charge is 0.446 e. The van der Waals surface area contributed by atoms with Crippen molar-refractivity contribution in [3.05, 3.63) is 40.2 Å². The first-order valence-corrected chi connectivity index (χ1v) is 6.33. The number of pyridine rings is 1. The Balaban J connectivity index is 2.76. The molecule has 0 amide bonds. The molecule has 2 aromatic rings. The number of fused-ring (bicyclic) bond motifs is 1. The maximum absolute atomic E-state index is 11.7. The van der Waals surface area contributed by atoms with Crippen LogP contribution >= 0.6 is 0 Å². The lowest BCUT2D eigenvalue weighted by molar-refractivity contribution is -0.0456. The first-order chi connectivity index (χ1) is 8.78. The highest BCUT2D eigenvalue weighted by Crippen LogP contribution is 2.23. The van der Waals surface area contributed by atoms with E-state index < -0.39 is 22.1 Å². The SMILES string of the molecule is O=c1cc(C(O)O)[nH]c2c(OS(=O)(=O)O)cccc12. The number of aromatic amines is 1. The minimum atomic E-state index is -4.76. The van der Waals surface area contributed by atoms with Crippen LogP contribution < -0.4 is 9.61 Å². The number of para-hydroxylation sites is 1. The molecule has 0 aliphatic carbocycles. The predicted octanol–water partition coefficient (Wildman–Crippen LogP) is -0.307. The van der Waals surface area contributed by atoms with E-state index in [1.54, 1.807) is 0 Å². The van der Waals surface area contributed by atoms with Crippen LogP contribution in [0.5, 0.6) is 5.75 Å². The molecule has 0 aliphatic rings. The summed E-state index contributed by atoms with van der Waals surface area (Å²) in [4.78, 5) is 14.2. The van der Waals surface area contributed by atoms with Gasteiger partial charge in [0.25, 0.3) is 0 Å². The maximum atomic E-state index is 11.7. The molecule has 19 heavy (non-hydrogen) atoms. The van der Waals surface area contributed by atoms with Crippen LogP contribution in [0, 0.1) is 0 Å². The maximum Gasteiger partial charge on any atom is 0.446 e. The van der Waals surface area contributed by atoms with E-state index in [2.05, 4.69) is 9.17 Å². The Hall–Kier alpha value is -1.94. The number of benzene rings is 1. The molecule has 2 rings (SSSR count). The number of hydrogen-bond donors (Lipinski definition) is 4. The summed E-state index contributed by atoms with van der Waals surface area (Å²) in [6.45, 7) is 0. The fourth-order valence-electron chi connectivity index (χ4n) is 1.59.